The predicted octanol–water partition coefficient (Wildman–Crippen LogP) is 3.79. The van der Waals surface area contributed by atoms with Crippen LogP contribution in [0, 0.1) is 5.82 Å². The largest absolute Gasteiger partial charge is 0.493 e. The lowest BCUT2D eigenvalue weighted by Crippen LogP contribution is -2.08. The minimum Gasteiger partial charge on any atom is -0.493 e. The maximum Gasteiger partial charge on any atom is 0.166 e. The molecule has 3 nitrogen and oxygen atoms in total. The monoisotopic (exact) mass is 309 g/mol. The van der Waals surface area contributed by atoms with E-state index in [0.29, 0.717) is 18.0 Å². The molecule has 2 aromatic carbocycles. The highest BCUT2D eigenvalue weighted by Gasteiger charge is 2.11. The molecule has 0 atom stereocenters. The zero-order chi connectivity index (χ0) is 15.2. The molecule has 1 N–H and O–H groups in total. The van der Waals surface area contributed by atoms with E-state index in [-0.39, 0.29) is 11.6 Å². The van der Waals surface area contributed by atoms with Gasteiger partial charge in [-0.25, -0.2) is 4.39 Å². The summed E-state index contributed by atoms with van der Waals surface area (Å²) in [7, 11) is 3.46. The van der Waals surface area contributed by atoms with Crippen molar-refractivity contribution in [2.45, 2.75) is 13.2 Å². The molecule has 0 radical (unpaired) electrons. The Balaban J connectivity index is 2.20. The first kappa shape index (κ1) is 15.6. The van der Waals surface area contributed by atoms with Crippen molar-refractivity contribution in [3.8, 4) is 11.5 Å². The van der Waals surface area contributed by atoms with Crippen molar-refractivity contribution in [3.05, 3.63) is 58.4 Å². The van der Waals surface area contributed by atoms with Gasteiger partial charge < -0.3 is 14.8 Å². The summed E-state index contributed by atoms with van der Waals surface area (Å²) < 4.78 is 24.3. The van der Waals surface area contributed by atoms with Crippen molar-refractivity contribution in [3.63, 3.8) is 0 Å². The topological polar surface area (TPSA) is 30.5 Å². The van der Waals surface area contributed by atoms with Gasteiger partial charge in [-0.3, -0.25) is 0 Å². The van der Waals surface area contributed by atoms with Crippen LogP contribution in [-0.4, -0.2) is 14.2 Å². The summed E-state index contributed by atoms with van der Waals surface area (Å²) in [5.74, 6) is 0.902. The van der Waals surface area contributed by atoms with Gasteiger partial charge in [-0.1, -0.05) is 29.8 Å². The summed E-state index contributed by atoms with van der Waals surface area (Å²) >= 11 is 5.77. The summed E-state index contributed by atoms with van der Waals surface area (Å²) in [4.78, 5) is 0. The van der Waals surface area contributed by atoms with E-state index in [0.717, 1.165) is 11.1 Å². The molecule has 21 heavy (non-hydrogen) atoms. The highest BCUT2D eigenvalue weighted by Crippen LogP contribution is 2.32. The van der Waals surface area contributed by atoms with Crippen molar-refractivity contribution in [2.75, 3.05) is 14.2 Å². The van der Waals surface area contributed by atoms with Crippen LogP contribution in [-0.2, 0) is 13.2 Å². The van der Waals surface area contributed by atoms with Crippen LogP contribution in [0.15, 0.2) is 36.4 Å². The van der Waals surface area contributed by atoms with Gasteiger partial charge in [0.15, 0.2) is 11.5 Å². The zero-order valence-corrected chi connectivity index (χ0v) is 12.7. The van der Waals surface area contributed by atoms with E-state index in [4.69, 9.17) is 21.1 Å². The molecule has 0 heterocycles. The molecule has 0 saturated carbocycles. The molecule has 0 amide bonds. The maximum atomic E-state index is 13.1. The minimum atomic E-state index is -0.436. The fourth-order valence-corrected chi connectivity index (χ4v) is 2.20. The Morgan fingerprint density at radius 3 is 2.71 bits per heavy atom. The van der Waals surface area contributed by atoms with Crippen LogP contribution in [0.4, 0.5) is 4.39 Å². The second-order valence-corrected chi connectivity index (χ2v) is 4.92. The third-order valence-corrected chi connectivity index (χ3v) is 3.30. The number of rotatable bonds is 6. The Morgan fingerprint density at radius 2 is 2.05 bits per heavy atom. The van der Waals surface area contributed by atoms with Crippen LogP contribution >= 0.6 is 11.6 Å². The normalized spacial score (nSPS) is 10.5. The first-order chi connectivity index (χ1) is 10.2. The van der Waals surface area contributed by atoms with Gasteiger partial charge in [-0.15, -0.1) is 0 Å². The molecule has 0 spiro atoms. The van der Waals surface area contributed by atoms with Crippen molar-refractivity contribution in [1.82, 2.24) is 5.32 Å². The van der Waals surface area contributed by atoms with E-state index in [1.165, 1.54) is 6.07 Å². The number of ether oxygens (including phenoxy) is 2. The van der Waals surface area contributed by atoms with Crippen molar-refractivity contribution in [2.24, 2.45) is 0 Å². The summed E-state index contributed by atoms with van der Waals surface area (Å²) in [6, 6.07) is 10.3. The molecular formula is C16H17ClFNO2. The lowest BCUT2D eigenvalue weighted by molar-refractivity contribution is 0.281. The zero-order valence-electron chi connectivity index (χ0n) is 12.0. The molecule has 2 rings (SSSR count). The molecule has 0 saturated heterocycles. The molecule has 0 aliphatic rings. The highest BCUT2D eigenvalue weighted by atomic mass is 35.5. The first-order valence-corrected chi connectivity index (χ1v) is 6.90. The molecule has 0 aliphatic heterocycles. The average Bonchev–Trinajstić information content (AvgIpc) is 2.49. The quantitative estimate of drug-likeness (QED) is 0.880. The molecule has 0 aliphatic carbocycles. The van der Waals surface area contributed by atoms with E-state index in [1.54, 1.807) is 19.2 Å². The highest BCUT2D eigenvalue weighted by molar-refractivity contribution is 6.30. The van der Waals surface area contributed by atoms with Crippen LogP contribution in [0.2, 0.25) is 5.02 Å². The third-order valence-electron chi connectivity index (χ3n) is 3.01. The smallest absolute Gasteiger partial charge is 0.166 e. The number of para-hydroxylation sites is 1. The van der Waals surface area contributed by atoms with Crippen LogP contribution in [0.5, 0.6) is 11.5 Å². The van der Waals surface area contributed by atoms with Crippen molar-refractivity contribution < 1.29 is 13.9 Å². The standard InChI is InChI=1S/C16H17ClFNO2/c1-19-9-12-4-3-5-15(20-2)16(12)21-10-11-6-7-14(18)13(17)8-11/h3-8,19H,9-10H2,1-2H3. The third kappa shape index (κ3) is 3.86. The fraction of sp³-hybridized carbons (Fsp3) is 0.250. The van der Waals surface area contributed by atoms with Crippen LogP contribution < -0.4 is 14.8 Å². The summed E-state index contributed by atoms with van der Waals surface area (Å²) in [6.07, 6.45) is 0. The molecular weight excluding hydrogens is 293 g/mol. The van der Waals surface area contributed by atoms with E-state index in [9.17, 15) is 4.39 Å². The van der Waals surface area contributed by atoms with Crippen LogP contribution in [0.3, 0.4) is 0 Å². The summed E-state index contributed by atoms with van der Waals surface area (Å²) in [6.45, 7) is 0.952. The van der Waals surface area contributed by atoms with Gasteiger partial charge in [0.1, 0.15) is 12.4 Å². The number of halogens is 2. The number of nitrogens with one attached hydrogen (secondary N) is 1. The Labute approximate surface area is 128 Å². The summed E-state index contributed by atoms with van der Waals surface area (Å²) in [5.41, 5.74) is 1.78. The second kappa shape index (κ2) is 7.29. The molecule has 5 heteroatoms. The Bertz CT molecular complexity index is 619. The molecule has 0 bridgehead atoms. The maximum absolute atomic E-state index is 13.1. The van der Waals surface area contributed by atoms with Gasteiger partial charge in [0.05, 0.1) is 12.1 Å². The van der Waals surface area contributed by atoms with Crippen molar-refractivity contribution >= 4 is 11.6 Å². The SMILES string of the molecule is CNCc1cccc(OC)c1OCc1ccc(F)c(Cl)c1. The minimum absolute atomic E-state index is 0.0894. The molecule has 112 valence electrons. The van der Waals surface area contributed by atoms with Gasteiger partial charge in [0, 0.05) is 12.1 Å². The first-order valence-electron chi connectivity index (χ1n) is 6.53. The van der Waals surface area contributed by atoms with Crippen molar-refractivity contribution in [1.29, 1.82) is 0 Å². The van der Waals surface area contributed by atoms with Gasteiger partial charge >= 0.3 is 0 Å². The number of methoxy groups -OCH3 is 1. The van der Waals surface area contributed by atoms with E-state index in [1.807, 2.05) is 25.2 Å². The lowest BCUT2D eigenvalue weighted by atomic mass is 10.1. The van der Waals surface area contributed by atoms with Gasteiger partial charge in [-0.2, -0.15) is 0 Å². The molecule has 0 aromatic heterocycles. The molecule has 0 unspecified atom stereocenters. The Kier molecular flexibility index (Phi) is 5.42. The van der Waals surface area contributed by atoms with E-state index in [2.05, 4.69) is 5.32 Å². The Hall–Kier alpha value is -1.78. The van der Waals surface area contributed by atoms with E-state index < -0.39 is 5.82 Å². The lowest BCUT2D eigenvalue weighted by Gasteiger charge is -2.15. The van der Waals surface area contributed by atoms with Gasteiger partial charge in [-0.05, 0) is 30.8 Å². The Morgan fingerprint density at radius 1 is 1.24 bits per heavy atom. The van der Waals surface area contributed by atoms with E-state index >= 15 is 0 Å². The number of hydrogen-bond donors (Lipinski definition) is 1. The summed E-state index contributed by atoms with van der Waals surface area (Å²) in [5, 5.41) is 3.17. The van der Waals surface area contributed by atoms with Crippen LogP contribution in [0.1, 0.15) is 11.1 Å². The molecule has 0 fully saturated rings. The number of benzene rings is 2. The predicted molar refractivity (Wildman–Crippen MR) is 81.5 cm³/mol. The fourth-order valence-electron chi connectivity index (χ4n) is 2.00. The van der Waals surface area contributed by atoms with Gasteiger partial charge in [0.2, 0.25) is 0 Å². The molecule has 2 aromatic rings. The van der Waals surface area contributed by atoms with Crippen LogP contribution in [0.25, 0.3) is 0 Å². The average molecular weight is 310 g/mol. The second-order valence-electron chi connectivity index (χ2n) is 4.52. The van der Waals surface area contributed by atoms with Gasteiger partial charge in [0.25, 0.3) is 0 Å². The number of hydrogen-bond acceptors (Lipinski definition) is 3.